The van der Waals surface area contributed by atoms with E-state index < -0.39 is 71.7 Å². The number of fused-ring (bicyclic) bond motifs is 7. The Morgan fingerprint density at radius 2 is 1.57 bits per heavy atom. The Labute approximate surface area is 278 Å². The maximum atomic E-state index is 13.2. The van der Waals surface area contributed by atoms with Crippen LogP contribution in [0.2, 0.25) is 0 Å². The summed E-state index contributed by atoms with van der Waals surface area (Å²) in [5, 5.41) is 84.2. The molecule has 1 heterocycles. The molecule has 0 bridgehead atoms. The highest BCUT2D eigenvalue weighted by atomic mass is 16.7. The number of carboxylic acid groups (broad SMARTS) is 1. The van der Waals surface area contributed by atoms with Gasteiger partial charge >= 0.3 is 5.97 Å². The smallest absolute Gasteiger partial charge is 0.310 e. The van der Waals surface area contributed by atoms with Gasteiger partial charge in [0.2, 0.25) is 0 Å². The highest BCUT2D eigenvalue weighted by Crippen LogP contribution is 2.75. The van der Waals surface area contributed by atoms with Gasteiger partial charge in [0, 0.05) is 5.41 Å². The Morgan fingerprint density at radius 3 is 2.21 bits per heavy atom. The number of hydrogen-bond acceptors (Lipinski definition) is 10. The van der Waals surface area contributed by atoms with Gasteiger partial charge in [-0.05, 0) is 97.2 Å². The standard InChI is InChI=1S/C36H58O11/c1-31(18-46-29-27(42)26(41)25(40)22(16-37)47-29)10-12-36(30(44)45)13-11-34(4)19(20(36)14-31)6-7-24-32(2)15-21(39)28(43)33(3,17-38)23(32)8-9-35(24,34)5/h6,20-29,37-43H,7-18H2,1-5H3,(H,44,45)/t20-,21+,22+,23+,24+,25+,26-,27+,28-,29+,31+,32-,33-,34+,35+,36-/m0/s1. The van der Waals surface area contributed by atoms with Crippen LogP contribution in [0, 0.1) is 50.2 Å². The van der Waals surface area contributed by atoms with Gasteiger partial charge < -0.3 is 50.3 Å². The molecule has 11 heteroatoms. The molecule has 0 radical (unpaired) electrons. The zero-order valence-electron chi connectivity index (χ0n) is 28.6. The lowest BCUT2D eigenvalue weighted by molar-refractivity contribution is -0.307. The van der Waals surface area contributed by atoms with Gasteiger partial charge in [0.15, 0.2) is 6.29 Å². The Balaban J connectivity index is 1.31. The molecule has 1 saturated heterocycles. The number of aliphatic hydroxyl groups is 7. The minimum Gasteiger partial charge on any atom is -0.481 e. The van der Waals surface area contributed by atoms with Crippen molar-refractivity contribution >= 4 is 5.97 Å². The first-order valence-electron chi connectivity index (χ1n) is 17.7. The largest absolute Gasteiger partial charge is 0.481 e. The van der Waals surface area contributed by atoms with Crippen LogP contribution in [-0.4, -0.2) is 110 Å². The molecule has 6 aliphatic rings. The van der Waals surface area contributed by atoms with Crippen molar-refractivity contribution in [2.75, 3.05) is 19.8 Å². The molecule has 0 aromatic carbocycles. The second-order valence-electron chi connectivity index (χ2n) is 17.7. The lowest BCUT2D eigenvalue weighted by atomic mass is 9.33. The average molecular weight is 667 g/mol. The van der Waals surface area contributed by atoms with Crippen molar-refractivity contribution in [1.29, 1.82) is 0 Å². The number of carbonyl (C=O) groups is 1. The third-order valence-electron chi connectivity index (χ3n) is 15.5. The van der Waals surface area contributed by atoms with Crippen molar-refractivity contribution in [3.05, 3.63) is 11.6 Å². The summed E-state index contributed by atoms with van der Waals surface area (Å²) in [4.78, 5) is 13.2. The van der Waals surface area contributed by atoms with Crippen LogP contribution in [0.15, 0.2) is 11.6 Å². The minimum atomic E-state index is -1.54. The van der Waals surface area contributed by atoms with Gasteiger partial charge in [0.1, 0.15) is 24.4 Å². The Kier molecular flexibility index (Phi) is 8.88. The summed E-state index contributed by atoms with van der Waals surface area (Å²) < 4.78 is 11.7. The highest BCUT2D eigenvalue weighted by Gasteiger charge is 2.70. The third kappa shape index (κ3) is 4.88. The van der Waals surface area contributed by atoms with Gasteiger partial charge in [0.05, 0.1) is 37.4 Å². The molecule has 0 amide bonds. The number of hydrogen-bond donors (Lipinski definition) is 8. The first-order chi connectivity index (χ1) is 21.9. The van der Waals surface area contributed by atoms with Crippen molar-refractivity contribution in [3.8, 4) is 0 Å². The second kappa shape index (κ2) is 11.7. The fraction of sp³-hybridized carbons (Fsp3) is 0.917. The normalized spacial score (nSPS) is 56.0. The van der Waals surface area contributed by atoms with Gasteiger partial charge in [-0.3, -0.25) is 4.79 Å². The summed E-state index contributed by atoms with van der Waals surface area (Å²) in [6.07, 6.45) is -0.608. The Hall–Kier alpha value is -1.15. The molecular weight excluding hydrogens is 608 g/mol. The van der Waals surface area contributed by atoms with Crippen LogP contribution in [0.3, 0.4) is 0 Å². The number of carboxylic acids is 1. The van der Waals surface area contributed by atoms with Crippen molar-refractivity contribution in [2.24, 2.45) is 50.2 Å². The SMILES string of the molecule is C[C@@]1(CO[C@@H]2O[C@H](CO)[C@@H](O)[C@H](O)[C@H]2O)CC[C@]2(C(=O)O)CC[C@]3(C)C(=CC[C@@H]4[C@@]5(C)C[C@@H](O)[C@H](O)[C@@](C)(CO)[C@@H]5CC[C@]43C)[C@@H]2C1. The average Bonchev–Trinajstić information content (AvgIpc) is 3.02. The predicted molar refractivity (Wildman–Crippen MR) is 170 cm³/mol. The summed E-state index contributed by atoms with van der Waals surface area (Å²) in [5.74, 6) is -0.791. The first-order valence-corrected chi connectivity index (χ1v) is 17.7. The van der Waals surface area contributed by atoms with Crippen LogP contribution in [0.4, 0.5) is 0 Å². The second-order valence-corrected chi connectivity index (χ2v) is 17.7. The molecule has 11 nitrogen and oxygen atoms in total. The van der Waals surface area contributed by atoms with Gasteiger partial charge in [0.25, 0.3) is 0 Å². The third-order valence-corrected chi connectivity index (χ3v) is 15.5. The summed E-state index contributed by atoms with van der Waals surface area (Å²) in [6.45, 7) is 10.3. The summed E-state index contributed by atoms with van der Waals surface area (Å²) >= 11 is 0. The fourth-order valence-electron chi connectivity index (χ4n) is 12.3. The number of rotatable bonds is 6. The van der Waals surface area contributed by atoms with Crippen molar-refractivity contribution in [2.45, 2.75) is 135 Å². The summed E-state index contributed by atoms with van der Waals surface area (Å²) in [6, 6.07) is 0. The maximum absolute atomic E-state index is 13.2. The predicted octanol–water partition coefficient (Wildman–Crippen LogP) is 1.97. The van der Waals surface area contributed by atoms with Crippen LogP contribution in [0.1, 0.15) is 92.4 Å². The van der Waals surface area contributed by atoms with Crippen LogP contribution in [0.25, 0.3) is 0 Å². The molecule has 8 N–H and O–H groups in total. The maximum Gasteiger partial charge on any atom is 0.310 e. The summed E-state index contributed by atoms with van der Waals surface area (Å²) in [5.41, 5.74) is -1.78. The van der Waals surface area contributed by atoms with E-state index >= 15 is 0 Å². The van der Waals surface area contributed by atoms with E-state index in [1.165, 1.54) is 5.57 Å². The Morgan fingerprint density at radius 1 is 0.894 bits per heavy atom. The zero-order valence-corrected chi connectivity index (χ0v) is 28.6. The number of aliphatic carboxylic acids is 1. The highest BCUT2D eigenvalue weighted by molar-refractivity contribution is 5.76. The molecule has 0 unspecified atom stereocenters. The molecule has 1 aliphatic heterocycles. The number of ether oxygens (including phenoxy) is 2. The van der Waals surface area contributed by atoms with Crippen LogP contribution in [-0.2, 0) is 14.3 Å². The van der Waals surface area contributed by atoms with E-state index in [1.54, 1.807) is 0 Å². The van der Waals surface area contributed by atoms with E-state index in [4.69, 9.17) is 9.47 Å². The molecule has 0 aromatic rings. The minimum absolute atomic E-state index is 0.0364. The quantitative estimate of drug-likeness (QED) is 0.193. The topological polar surface area (TPSA) is 197 Å². The van der Waals surface area contributed by atoms with Gasteiger partial charge in [-0.25, -0.2) is 0 Å². The molecule has 5 fully saturated rings. The molecular formula is C36H58O11. The molecule has 0 spiro atoms. The van der Waals surface area contributed by atoms with E-state index in [-0.39, 0.29) is 47.2 Å². The van der Waals surface area contributed by atoms with Crippen molar-refractivity contribution in [1.82, 2.24) is 0 Å². The molecule has 16 atom stereocenters. The van der Waals surface area contributed by atoms with Crippen LogP contribution >= 0.6 is 0 Å². The van der Waals surface area contributed by atoms with Gasteiger partial charge in [-0.1, -0.05) is 46.3 Å². The van der Waals surface area contributed by atoms with E-state index in [0.29, 0.717) is 32.1 Å². The molecule has 0 aromatic heterocycles. The lowest BCUT2D eigenvalue weighted by Gasteiger charge is -2.71. The fourth-order valence-corrected chi connectivity index (χ4v) is 12.3. The summed E-state index contributed by atoms with van der Waals surface area (Å²) in [7, 11) is 0. The van der Waals surface area contributed by atoms with Crippen molar-refractivity contribution < 1.29 is 55.1 Å². The Bertz CT molecular complexity index is 1260. The number of allylic oxidation sites excluding steroid dienone is 2. The molecule has 4 saturated carbocycles. The zero-order chi connectivity index (χ0) is 34.5. The van der Waals surface area contributed by atoms with Crippen LogP contribution in [0.5, 0.6) is 0 Å². The van der Waals surface area contributed by atoms with Crippen LogP contribution < -0.4 is 0 Å². The monoisotopic (exact) mass is 666 g/mol. The van der Waals surface area contributed by atoms with Gasteiger partial charge in [-0.2, -0.15) is 0 Å². The van der Waals surface area contributed by atoms with E-state index in [2.05, 4.69) is 33.8 Å². The lowest BCUT2D eigenvalue weighted by Crippen LogP contribution is -2.68. The molecule has 6 rings (SSSR count). The first kappa shape index (κ1) is 35.7. The molecule has 268 valence electrons. The molecule has 5 aliphatic carbocycles. The number of aliphatic hydroxyl groups excluding tert-OH is 7. The van der Waals surface area contributed by atoms with E-state index in [9.17, 15) is 45.6 Å². The van der Waals surface area contributed by atoms with Crippen molar-refractivity contribution in [3.63, 3.8) is 0 Å². The van der Waals surface area contributed by atoms with E-state index in [1.807, 2.05) is 6.92 Å². The van der Waals surface area contributed by atoms with E-state index in [0.717, 1.165) is 25.7 Å². The molecule has 47 heavy (non-hydrogen) atoms. The van der Waals surface area contributed by atoms with Gasteiger partial charge in [-0.15, -0.1) is 0 Å².